The minimum Gasteiger partial charge on any atom is -0.496 e. The van der Waals surface area contributed by atoms with Crippen molar-refractivity contribution in [1.29, 1.82) is 0 Å². The highest BCUT2D eigenvalue weighted by Gasteiger charge is 2.40. The predicted octanol–water partition coefficient (Wildman–Crippen LogP) is 3.03. The summed E-state index contributed by atoms with van der Waals surface area (Å²) >= 11 is 0. The number of para-hydroxylation sites is 1. The van der Waals surface area contributed by atoms with Crippen LogP contribution in [-0.2, 0) is 30.6 Å². The molecule has 6 nitrogen and oxygen atoms in total. The molecule has 2 aliphatic heterocycles. The highest BCUT2D eigenvalue weighted by molar-refractivity contribution is 5.77. The second-order valence-electron chi connectivity index (χ2n) is 8.44. The van der Waals surface area contributed by atoms with Gasteiger partial charge < -0.3 is 14.2 Å². The van der Waals surface area contributed by atoms with Crippen molar-refractivity contribution >= 4 is 5.91 Å². The second-order valence-corrected chi connectivity index (χ2v) is 8.44. The van der Waals surface area contributed by atoms with Gasteiger partial charge in [0.05, 0.1) is 13.2 Å². The number of hydrogen-bond donors (Lipinski definition) is 0. The summed E-state index contributed by atoms with van der Waals surface area (Å²) in [4.78, 5) is 15.3. The maximum absolute atomic E-state index is 13.2. The molecule has 1 saturated heterocycles. The Labute approximate surface area is 166 Å². The van der Waals surface area contributed by atoms with Gasteiger partial charge in [-0.2, -0.15) is 0 Å². The highest BCUT2D eigenvalue weighted by atomic mass is 16.5. The van der Waals surface area contributed by atoms with Crippen LogP contribution in [-0.4, -0.2) is 44.8 Å². The van der Waals surface area contributed by atoms with Crippen molar-refractivity contribution in [3.8, 4) is 5.75 Å². The Kier molecular flexibility index (Phi) is 5.38. The summed E-state index contributed by atoms with van der Waals surface area (Å²) in [5, 5.41) is 8.89. The molecule has 0 aliphatic carbocycles. The topological polar surface area (TPSA) is 60.2 Å². The van der Waals surface area contributed by atoms with Gasteiger partial charge in [0.15, 0.2) is 0 Å². The van der Waals surface area contributed by atoms with Crippen LogP contribution >= 0.6 is 0 Å². The number of ether oxygens (including phenoxy) is 1. The van der Waals surface area contributed by atoms with E-state index in [2.05, 4.69) is 33.5 Å². The molecule has 2 bridgehead atoms. The van der Waals surface area contributed by atoms with E-state index in [9.17, 15) is 4.79 Å². The fraction of sp³-hybridized carbons (Fsp3) is 0.591. The first kappa shape index (κ1) is 19.0. The smallest absolute Gasteiger partial charge is 0.223 e. The van der Waals surface area contributed by atoms with Gasteiger partial charge in [0.1, 0.15) is 17.4 Å². The fourth-order valence-electron chi connectivity index (χ4n) is 4.70. The van der Waals surface area contributed by atoms with Gasteiger partial charge in [-0.25, -0.2) is 0 Å². The van der Waals surface area contributed by atoms with Crippen LogP contribution < -0.4 is 4.74 Å². The standard InChI is InChI=1S/C22H30N4O2/c1-15(2)12-20-23-24-21-13-17-9-10-18(14-25(20)21)26(17)22(27)11-8-16-6-4-5-7-19(16)28-3/h4-7,15,17-18H,8-14H2,1-3H3/t17-,18+/m0/s1. The molecule has 2 aliphatic rings. The number of rotatable bonds is 6. The summed E-state index contributed by atoms with van der Waals surface area (Å²) in [6.07, 6.45) is 5.13. The minimum atomic E-state index is 0.252. The molecule has 0 spiro atoms. The second kappa shape index (κ2) is 7.94. The molecule has 1 fully saturated rings. The molecule has 0 unspecified atom stereocenters. The van der Waals surface area contributed by atoms with Crippen molar-refractivity contribution in [3.05, 3.63) is 41.5 Å². The van der Waals surface area contributed by atoms with E-state index in [0.29, 0.717) is 18.8 Å². The zero-order chi connectivity index (χ0) is 19.7. The zero-order valence-corrected chi connectivity index (χ0v) is 17.1. The maximum atomic E-state index is 13.2. The Bertz CT molecular complexity index is 845. The van der Waals surface area contributed by atoms with E-state index in [0.717, 1.165) is 55.2 Å². The largest absolute Gasteiger partial charge is 0.496 e. The van der Waals surface area contributed by atoms with Gasteiger partial charge in [-0.05, 0) is 36.8 Å². The fourth-order valence-corrected chi connectivity index (χ4v) is 4.70. The third kappa shape index (κ3) is 3.64. The van der Waals surface area contributed by atoms with Crippen LogP contribution in [0.25, 0.3) is 0 Å². The van der Waals surface area contributed by atoms with E-state index in [1.807, 2.05) is 24.3 Å². The third-order valence-corrected chi connectivity index (χ3v) is 6.01. The molecule has 1 amide bonds. The minimum absolute atomic E-state index is 0.252. The Morgan fingerprint density at radius 2 is 2.00 bits per heavy atom. The number of aromatic nitrogens is 3. The van der Waals surface area contributed by atoms with E-state index < -0.39 is 0 Å². The molecule has 2 aromatic rings. The van der Waals surface area contributed by atoms with Gasteiger partial charge in [-0.15, -0.1) is 10.2 Å². The lowest BCUT2D eigenvalue weighted by Gasteiger charge is -2.28. The van der Waals surface area contributed by atoms with Gasteiger partial charge in [0.2, 0.25) is 5.91 Å². The van der Waals surface area contributed by atoms with Gasteiger partial charge in [-0.3, -0.25) is 4.79 Å². The quantitative estimate of drug-likeness (QED) is 0.770. The van der Waals surface area contributed by atoms with E-state index >= 15 is 0 Å². The molecule has 3 heterocycles. The highest BCUT2D eigenvalue weighted by Crippen LogP contribution is 2.32. The summed E-state index contributed by atoms with van der Waals surface area (Å²) in [7, 11) is 1.68. The molecule has 28 heavy (non-hydrogen) atoms. The number of hydrogen-bond acceptors (Lipinski definition) is 4. The van der Waals surface area contributed by atoms with Crippen LogP contribution in [0.2, 0.25) is 0 Å². The summed E-state index contributed by atoms with van der Waals surface area (Å²) < 4.78 is 7.71. The molecule has 0 N–H and O–H groups in total. The predicted molar refractivity (Wildman–Crippen MR) is 107 cm³/mol. The first-order chi connectivity index (χ1) is 13.6. The molecular formula is C22H30N4O2. The molecule has 4 rings (SSSR count). The number of carbonyl (C=O) groups is 1. The van der Waals surface area contributed by atoms with Crippen molar-refractivity contribution in [3.63, 3.8) is 0 Å². The van der Waals surface area contributed by atoms with E-state index in [1.165, 1.54) is 0 Å². The monoisotopic (exact) mass is 382 g/mol. The first-order valence-corrected chi connectivity index (χ1v) is 10.4. The maximum Gasteiger partial charge on any atom is 0.223 e. The van der Waals surface area contributed by atoms with Gasteiger partial charge in [0, 0.05) is 31.8 Å². The summed E-state index contributed by atoms with van der Waals surface area (Å²) in [5.74, 6) is 3.78. The van der Waals surface area contributed by atoms with Crippen LogP contribution in [0.15, 0.2) is 24.3 Å². The number of aryl methyl sites for hydroxylation is 1. The van der Waals surface area contributed by atoms with E-state index in [4.69, 9.17) is 4.74 Å². The summed E-state index contributed by atoms with van der Waals surface area (Å²) in [6.45, 7) is 5.25. The SMILES string of the molecule is COc1ccccc1CCC(=O)N1[C@@H]2CC[C@H]1Cc1nnc(CC(C)C)n1C2. The molecule has 6 heteroatoms. The number of carbonyl (C=O) groups excluding carboxylic acids is 1. The number of nitrogens with zero attached hydrogens (tertiary/aromatic N) is 4. The lowest BCUT2D eigenvalue weighted by Crippen LogP contribution is -2.42. The molecule has 2 atom stereocenters. The molecule has 1 aromatic heterocycles. The van der Waals surface area contributed by atoms with Crippen LogP contribution in [0, 0.1) is 5.92 Å². The number of methoxy groups -OCH3 is 1. The Hall–Kier alpha value is -2.37. The van der Waals surface area contributed by atoms with Crippen LogP contribution in [0.5, 0.6) is 5.75 Å². The zero-order valence-electron chi connectivity index (χ0n) is 17.1. The van der Waals surface area contributed by atoms with Gasteiger partial charge in [0.25, 0.3) is 0 Å². The van der Waals surface area contributed by atoms with Crippen molar-refractivity contribution in [2.75, 3.05) is 7.11 Å². The Morgan fingerprint density at radius 1 is 1.21 bits per heavy atom. The Balaban J connectivity index is 1.47. The van der Waals surface area contributed by atoms with Crippen molar-refractivity contribution < 1.29 is 9.53 Å². The Morgan fingerprint density at radius 3 is 2.79 bits per heavy atom. The van der Waals surface area contributed by atoms with Crippen molar-refractivity contribution in [2.45, 2.75) is 71.0 Å². The molecule has 1 aromatic carbocycles. The average Bonchev–Trinajstić information content (AvgIpc) is 3.18. The number of fused-ring (bicyclic) bond motifs is 3. The third-order valence-electron chi connectivity index (χ3n) is 6.01. The number of amides is 1. The van der Waals surface area contributed by atoms with Crippen molar-refractivity contribution in [2.24, 2.45) is 5.92 Å². The van der Waals surface area contributed by atoms with E-state index in [1.54, 1.807) is 7.11 Å². The average molecular weight is 383 g/mol. The lowest BCUT2D eigenvalue weighted by atomic mass is 10.1. The van der Waals surface area contributed by atoms with Gasteiger partial charge in [-0.1, -0.05) is 32.0 Å². The van der Waals surface area contributed by atoms with Crippen LogP contribution in [0.4, 0.5) is 0 Å². The molecule has 150 valence electrons. The molecule has 0 radical (unpaired) electrons. The van der Waals surface area contributed by atoms with E-state index in [-0.39, 0.29) is 18.0 Å². The lowest BCUT2D eigenvalue weighted by molar-refractivity contribution is -0.134. The summed E-state index contributed by atoms with van der Waals surface area (Å²) in [5.41, 5.74) is 1.09. The van der Waals surface area contributed by atoms with Crippen LogP contribution in [0.3, 0.4) is 0 Å². The number of benzene rings is 1. The van der Waals surface area contributed by atoms with Crippen molar-refractivity contribution in [1.82, 2.24) is 19.7 Å². The van der Waals surface area contributed by atoms with Gasteiger partial charge >= 0.3 is 0 Å². The summed E-state index contributed by atoms with van der Waals surface area (Å²) in [6, 6.07) is 8.48. The molecular weight excluding hydrogens is 352 g/mol. The first-order valence-electron chi connectivity index (χ1n) is 10.4. The molecule has 0 saturated carbocycles. The normalized spacial score (nSPS) is 20.9. The van der Waals surface area contributed by atoms with Crippen LogP contribution in [0.1, 0.15) is 50.3 Å².